The molecule has 0 bridgehead atoms. The Morgan fingerprint density at radius 1 is 1.20 bits per heavy atom. The second-order valence-electron chi connectivity index (χ2n) is 5.16. The van der Waals surface area contributed by atoms with Gasteiger partial charge in [-0.25, -0.2) is 5.10 Å². The molecule has 6 nitrogen and oxygen atoms in total. The van der Waals surface area contributed by atoms with Crippen molar-refractivity contribution in [2.45, 2.75) is 13.8 Å². The third-order valence-electron chi connectivity index (χ3n) is 2.96. The Morgan fingerprint density at radius 3 is 2.36 bits per heavy atom. The molecule has 134 valence electrons. The molecular weight excluding hydrogens is 499 g/mol. The minimum atomic E-state index is -0.125. The molecule has 0 saturated heterocycles. The number of rotatable bonds is 3. The number of benzene rings is 1. The summed E-state index contributed by atoms with van der Waals surface area (Å²) in [5, 5.41) is 12.7. The number of aromatic nitrogens is 4. The molecule has 3 rings (SSSR count). The molecule has 2 aromatic heterocycles. The molecule has 0 aliphatic rings. The van der Waals surface area contributed by atoms with Gasteiger partial charge >= 0.3 is 0 Å². The Labute approximate surface area is 161 Å². The normalized spacial score (nSPS) is 10.4. The van der Waals surface area contributed by atoms with Crippen LogP contribution in [0.5, 0.6) is 0 Å². The van der Waals surface area contributed by atoms with E-state index < -0.39 is 0 Å². The molecule has 0 atom stereocenters. The first-order valence-corrected chi connectivity index (χ1v) is 7.36. The Morgan fingerprint density at radius 2 is 1.88 bits per heavy atom. The van der Waals surface area contributed by atoms with Gasteiger partial charge in [-0.1, -0.05) is 42.6 Å². The number of hydrogen-bond acceptors (Lipinski definition) is 4. The second-order valence-corrected chi connectivity index (χ2v) is 5.16. The maximum absolute atomic E-state index is 10.0. The standard InChI is InChI=1S/C13H11N4.C5H8O2.Pt/c1-16-9-7-12(15-16)17-10-8-14-13(17)11-5-3-2-4-6-11;1-4(6)3-5(2)7;/h2-9H,1H3;3,6H,1-2H3;/q-1;;/b;4-3-;. The smallest absolute Gasteiger partial charge is 0.155 e. The van der Waals surface area contributed by atoms with Crippen molar-refractivity contribution in [3.8, 4) is 17.2 Å². The van der Waals surface area contributed by atoms with Crippen LogP contribution in [-0.2, 0) is 32.9 Å². The van der Waals surface area contributed by atoms with Crippen LogP contribution in [0.3, 0.4) is 0 Å². The van der Waals surface area contributed by atoms with Crippen molar-refractivity contribution < 1.29 is 31.0 Å². The van der Waals surface area contributed by atoms with E-state index in [1.165, 1.54) is 19.9 Å². The summed E-state index contributed by atoms with van der Waals surface area (Å²) in [7, 11) is 1.89. The molecule has 0 fully saturated rings. The average molecular weight is 518 g/mol. The zero-order chi connectivity index (χ0) is 17.5. The van der Waals surface area contributed by atoms with Gasteiger partial charge in [0.1, 0.15) is 0 Å². The summed E-state index contributed by atoms with van der Waals surface area (Å²) in [6.07, 6.45) is 7.79. The van der Waals surface area contributed by atoms with Crippen molar-refractivity contribution in [1.29, 1.82) is 0 Å². The van der Waals surface area contributed by atoms with Crippen LogP contribution in [0.25, 0.3) is 17.2 Å². The minimum absolute atomic E-state index is 0. The van der Waals surface area contributed by atoms with Crippen molar-refractivity contribution in [1.82, 2.24) is 19.3 Å². The molecule has 0 amide bonds. The summed E-state index contributed by atoms with van der Waals surface area (Å²) in [5.74, 6) is 1.61. The minimum Gasteiger partial charge on any atom is -0.512 e. The summed E-state index contributed by atoms with van der Waals surface area (Å²) >= 11 is 0. The number of nitrogens with zero attached hydrogens (tertiary/aromatic N) is 4. The average Bonchev–Trinajstić information content (AvgIpc) is 3.15. The van der Waals surface area contributed by atoms with E-state index in [0.29, 0.717) is 0 Å². The van der Waals surface area contributed by atoms with E-state index >= 15 is 0 Å². The number of aliphatic hydroxyl groups excluding tert-OH is 1. The zero-order valence-electron chi connectivity index (χ0n) is 14.2. The molecule has 0 aliphatic carbocycles. The van der Waals surface area contributed by atoms with Gasteiger partial charge in [-0.3, -0.25) is 9.48 Å². The van der Waals surface area contributed by atoms with Crippen molar-refractivity contribution >= 4 is 5.78 Å². The maximum atomic E-state index is 10.0. The van der Waals surface area contributed by atoms with Gasteiger partial charge < -0.3 is 14.7 Å². The van der Waals surface area contributed by atoms with Crippen LogP contribution in [0.1, 0.15) is 13.8 Å². The van der Waals surface area contributed by atoms with E-state index in [4.69, 9.17) is 5.11 Å². The molecule has 0 saturated carbocycles. The van der Waals surface area contributed by atoms with Crippen LogP contribution < -0.4 is 0 Å². The second kappa shape index (κ2) is 9.74. The van der Waals surface area contributed by atoms with Gasteiger partial charge in [0, 0.05) is 52.0 Å². The predicted molar refractivity (Wildman–Crippen MR) is 91.7 cm³/mol. The van der Waals surface area contributed by atoms with E-state index in [2.05, 4.69) is 16.3 Å². The Kier molecular flexibility index (Phi) is 8.02. The van der Waals surface area contributed by atoms with Crippen LogP contribution in [0.4, 0.5) is 0 Å². The fraction of sp³-hybridized carbons (Fsp3) is 0.167. The van der Waals surface area contributed by atoms with Crippen LogP contribution in [0.15, 0.2) is 60.6 Å². The van der Waals surface area contributed by atoms with E-state index in [0.717, 1.165) is 17.2 Å². The predicted octanol–water partition coefficient (Wildman–Crippen LogP) is 3.11. The molecule has 1 N–H and O–H groups in total. The summed E-state index contributed by atoms with van der Waals surface area (Å²) in [4.78, 5) is 14.3. The number of aliphatic hydroxyl groups is 1. The largest absolute Gasteiger partial charge is 0.512 e. The van der Waals surface area contributed by atoms with Crippen molar-refractivity contribution in [3.63, 3.8) is 0 Å². The first-order chi connectivity index (χ1) is 11.5. The molecule has 7 heteroatoms. The molecule has 2 heterocycles. The number of ketones is 1. The third-order valence-corrected chi connectivity index (χ3v) is 2.96. The molecule has 0 spiro atoms. The van der Waals surface area contributed by atoms with Crippen molar-refractivity contribution in [2.24, 2.45) is 7.05 Å². The summed E-state index contributed by atoms with van der Waals surface area (Å²) in [5.41, 5.74) is 1.06. The van der Waals surface area contributed by atoms with Crippen molar-refractivity contribution in [2.75, 3.05) is 0 Å². The number of carbonyl (C=O) groups excluding carboxylic acids is 1. The third kappa shape index (κ3) is 6.16. The van der Waals surface area contributed by atoms with Crippen LogP contribution in [0, 0.1) is 6.20 Å². The first kappa shape index (κ1) is 20.6. The van der Waals surface area contributed by atoms with Gasteiger partial charge in [0.15, 0.2) is 5.78 Å². The number of allylic oxidation sites excluding steroid dienone is 2. The van der Waals surface area contributed by atoms with E-state index in [1.54, 1.807) is 10.9 Å². The maximum Gasteiger partial charge on any atom is 0.155 e. The summed E-state index contributed by atoms with van der Waals surface area (Å²) in [6.45, 7) is 2.85. The van der Waals surface area contributed by atoms with Gasteiger partial charge in [-0.2, -0.15) is 0 Å². The molecule has 25 heavy (non-hydrogen) atoms. The fourth-order valence-corrected chi connectivity index (χ4v) is 2.05. The molecule has 0 unspecified atom stereocenters. The van der Waals surface area contributed by atoms with Crippen LogP contribution in [-0.4, -0.2) is 30.2 Å². The van der Waals surface area contributed by atoms with Gasteiger partial charge in [-0.05, 0) is 25.6 Å². The summed E-state index contributed by atoms with van der Waals surface area (Å²) in [6, 6.07) is 12.0. The zero-order valence-corrected chi connectivity index (χ0v) is 16.4. The number of aryl methyl sites for hydroxylation is 1. The van der Waals surface area contributed by atoms with Gasteiger partial charge in [0.25, 0.3) is 0 Å². The van der Waals surface area contributed by atoms with E-state index in [1.807, 2.05) is 54.2 Å². The van der Waals surface area contributed by atoms with Crippen molar-refractivity contribution in [3.05, 3.63) is 66.8 Å². The monoisotopic (exact) mass is 518 g/mol. The Bertz CT molecular complexity index is 834. The van der Waals surface area contributed by atoms with Gasteiger partial charge in [-0.15, -0.1) is 0 Å². The Hall–Kier alpha value is -2.46. The molecule has 0 radical (unpaired) electrons. The van der Waals surface area contributed by atoms with Gasteiger partial charge in [0.2, 0.25) is 0 Å². The summed E-state index contributed by atoms with van der Waals surface area (Å²) < 4.78 is 3.62. The van der Waals surface area contributed by atoms with Gasteiger partial charge in [0.05, 0.1) is 5.76 Å². The SMILES string of the molecule is CC(=O)/C=C(/C)O.Cn1ccc(-n2[c-]cnc2-c2ccccc2)n1.[Pt]. The first-order valence-electron chi connectivity index (χ1n) is 7.36. The quantitative estimate of drug-likeness (QED) is 0.329. The number of carbonyl (C=O) groups is 1. The number of hydrogen-bond donors (Lipinski definition) is 1. The van der Waals surface area contributed by atoms with E-state index in [-0.39, 0.29) is 32.6 Å². The molecule has 3 aromatic rings. The fourth-order valence-electron chi connectivity index (χ4n) is 2.05. The van der Waals surface area contributed by atoms with E-state index in [9.17, 15) is 4.79 Å². The van der Waals surface area contributed by atoms with Crippen LogP contribution >= 0.6 is 0 Å². The Balaban J connectivity index is 0.000000339. The topological polar surface area (TPSA) is 72.9 Å². The molecule has 1 aromatic carbocycles. The number of imidazole rings is 1. The van der Waals surface area contributed by atoms with Crippen LogP contribution in [0.2, 0.25) is 0 Å². The molecule has 0 aliphatic heterocycles. The molecular formula is C18H19N4O2Pt-.